The molecule has 1 aliphatic rings. The van der Waals surface area contributed by atoms with Crippen LogP contribution in [-0.2, 0) is 14.3 Å². The Kier molecular flexibility index (Phi) is 7.72. The van der Waals surface area contributed by atoms with Crippen molar-refractivity contribution in [3.05, 3.63) is 35.6 Å². The van der Waals surface area contributed by atoms with E-state index in [1.54, 1.807) is 0 Å². The Hall–Kier alpha value is -2.48. The third-order valence-corrected chi connectivity index (χ3v) is 4.56. The molecule has 27 heavy (non-hydrogen) atoms. The number of carbonyl (C=O) groups excluding carboxylic acids is 3. The lowest BCUT2D eigenvalue weighted by Crippen LogP contribution is -2.50. The van der Waals surface area contributed by atoms with Gasteiger partial charge >= 0.3 is 0 Å². The third-order valence-electron chi connectivity index (χ3n) is 4.56. The summed E-state index contributed by atoms with van der Waals surface area (Å²) >= 11 is 0. The second kappa shape index (κ2) is 10.0. The van der Waals surface area contributed by atoms with Gasteiger partial charge < -0.3 is 21.1 Å². The summed E-state index contributed by atoms with van der Waals surface area (Å²) in [5.74, 6) is -1.84. The summed E-state index contributed by atoms with van der Waals surface area (Å²) in [7, 11) is 0. The number of nitrogens with two attached hydrogens (primary N) is 1. The van der Waals surface area contributed by atoms with Gasteiger partial charge in [-0.3, -0.25) is 14.4 Å². The monoisotopic (exact) mass is 379 g/mol. The maximum Gasteiger partial charge on any atom is 0.251 e. The maximum atomic E-state index is 13.0. The molecular weight excluding hydrogens is 353 g/mol. The summed E-state index contributed by atoms with van der Waals surface area (Å²) in [6, 6.07) is 5.08. The minimum atomic E-state index is -0.595. The first kappa shape index (κ1) is 20.8. The van der Waals surface area contributed by atoms with Gasteiger partial charge in [0.15, 0.2) is 0 Å². The zero-order chi connectivity index (χ0) is 19.8. The molecule has 2 rings (SSSR count). The van der Waals surface area contributed by atoms with E-state index in [0.717, 1.165) is 6.42 Å². The van der Waals surface area contributed by atoms with E-state index >= 15 is 0 Å². The summed E-state index contributed by atoms with van der Waals surface area (Å²) in [5, 5.41) is 5.45. The number of benzene rings is 1. The fourth-order valence-electron chi connectivity index (χ4n) is 3.16. The first-order chi connectivity index (χ1) is 12.9. The number of primary amides is 1. The number of hydrogen-bond donors (Lipinski definition) is 3. The second-order valence-electron chi connectivity index (χ2n) is 6.69. The first-order valence-corrected chi connectivity index (χ1v) is 9.14. The maximum absolute atomic E-state index is 13.0. The summed E-state index contributed by atoms with van der Waals surface area (Å²) < 4.78 is 18.9. The third kappa shape index (κ3) is 6.32. The molecular formula is C19H26FN3O4. The van der Waals surface area contributed by atoms with Gasteiger partial charge in [-0.05, 0) is 49.9 Å². The molecule has 0 saturated heterocycles. The summed E-state index contributed by atoms with van der Waals surface area (Å²) in [4.78, 5) is 35.5. The number of rotatable bonds is 8. The van der Waals surface area contributed by atoms with E-state index in [4.69, 9.17) is 10.5 Å². The number of hydrogen-bond acceptors (Lipinski definition) is 4. The molecule has 1 saturated carbocycles. The van der Waals surface area contributed by atoms with Gasteiger partial charge in [-0.2, -0.15) is 0 Å². The molecule has 8 heteroatoms. The first-order valence-electron chi connectivity index (χ1n) is 9.14. The van der Waals surface area contributed by atoms with E-state index in [9.17, 15) is 18.8 Å². The summed E-state index contributed by atoms with van der Waals surface area (Å²) in [6.45, 7) is 2.30. The SMILES string of the molecule is CCCO[C@@H]1C[C@@H](C(=O)NCC(N)=O)CC[C@H]1NC(=O)c1ccc(F)cc1. The molecule has 0 heterocycles. The van der Waals surface area contributed by atoms with E-state index in [1.165, 1.54) is 24.3 Å². The largest absolute Gasteiger partial charge is 0.376 e. The van der Waals surface area contributed by atoms with E-state index in [0.29, 0.717) is 31.4 Å². The molecule has 7 nitrogen and oxygen atoms in total. The van der Waals surface area contributed by atoms with Crippen LogP contribution in [0, 0.1) is 11.7 Å². The van der Waals surface area contributed by atoms with Gasteiger partial charge in [0.05, 0.1) is 18.7 Å². The van der Waals surface area contributed by atoms with Crippen LogP contribution in [0.4, 0.5) is 4.39 Å². The van der Waals surface area contributed by atoms with Crippen molar-refractivity contribution in [2.45, 2.75) is 44.8 Å². The normalized spacial score (nSPS) is 22.1. The van der Waals surface area contributed by atoms with Crippen LogP contribution in [0.1, 0.15) is 43.0 Å². The van der Waals surface area contributed by atoms with Crippen molar-refractivity contribution in [1.82, 2.24) is 10.6 Å². The lowest BCUT2D eigenvalue weighted by molar-refractivity contribution is -0.130. The van der Waals surface area contributed by atoms with Crippen LogP contribution in [-0.4, -0.2) is 43.0 Å². The van der Waals surface area contributed by atoms with Crippen molar-refractivity contribution < 1.29 is 23.5 Å². The minimum Gasteiger partial charge on any atom is -0.376 e. The predicted octanol–water partition coefficient (Wildman–Crippen LogP) is 1.12. The molecule has 4 N–H and O–H groups in total. The quantitative estimate of drug-likeness (QED) is 0.629. The molecule has 148 valence electrons. The Morgan fingerprint density at radius 2 is 1.93 bits per heavy atom. The Labute approximate surface area is 157 Å². The number of carbonyl (C=O) groups is 3. The molecule has 1 fully saturated rings. The van der Waals surface area contributed by atoms with Crippen molar-refractivity contribution in [3.8, 4) is 0 Å². The Morgan fingerprint density at radius 1 is 1.22 bits per heavy atom. The molecule has 0 aliphatic heterocycles. The molecule has 0 spiro atoms. The van der Waals surface area contributed by atoms with Crippen molar-refractivity contribution in [2.75, 3.05) is 13.2 Å². The van der Waals surface area contributed by atoms with Crippen LogP contribution in [0.3, 0.4) is 0 Å². The van der Waals surface area contributed by atoms with Gasteiger partial charge in [0.1, 0.15) is 5.82 Å². The van der Waals surface area contributed by atoms with Crippen LogP contribution in [0.25, 0.3) is 0 Å². The number of amides is 3. The van der Waals surface area contributed by atoms with E-state index in [-0.39, 0.29) is 36.4 Å². The summed E-state index contributed by atoms with van der Waals surface area (Å²) in [6.07, 6.45) is 2.07. The number of ether oxygens (including phenoxy) is 1. The lowest BCUT2D eigenvalue weighted by Gasteiger charge is -2.36. The Bertz CT molecular complexity index is 665. The Balaban J connectivity index is 1.98. The molecule has 0 radical (unpaired) electrons. The van der Waals surface area contributed by atoms with Gasteiger partial charge in [-0.25, -0.2) is 4.39 Å². The van der Waals surface area contributed by atoms with E-state index in [2.05, 4.69) is 10.6 Å². The van der Waals surface area contributed by atoms with Crippen molar-refractivity contribution in [1.29, 1.82) is 0 Å². The highest BCUT2D eigenvalue weighted by molar-refractivity contribution is 5.94. The van der Waals surface area contributed by atoms with Gasteiger partial charge in [0, 0.05) is 18.1 Å². The second-order valence-corrected chi connectivity index (χ2v) is 6.69. The van der Waals surface area contributed by atoms with Gasteiger partial charge in [-0.15, -0.1) is 0 Å². The van der Waals surface area contributed by atoms with Crippen molar-refractivity contribution in [2.24, 2.45) is 11.7 Å². The van der Waals surface area contributed by atoms with Crippen LogP contribution in [0.2, 0.25) is 0 Å². The molecule has 0 bridgehead atoms. The minimum absolute atomic E-state index is 0.194. The van der Waals surface area contributed by atoms with Crippen LogP contribution in [0.15, 0.2) is 24.3 Å². The molecule has 1 aliphatic carbocycles. The van der Waals surface area contributed by atoms with Crippen molar-refractivity contribution >= 4 is 17.7 Å². The molecule has 3 amide bonds. The number of nitrogens with one attached hydrogen (secondary N) is 2. The molecule has 1 aromatic carbocycles. The highest BCUT2D eigenvalue weighted by atomic mass is 19.1. The van der Waals surface area contributed by atoms with E-state index in [1.807, 2.05) is 6.92 Å². The predicted molar refractivity (Wildman–Crippen MR) is 97.2 cm³/mol. The van der Waals surface area contributed by atoms with Crippen LogP contribution < -0.4 is 16.4 Å². The Morgan fingerprint density at radius 3 is 2.56 bits per heavy atom. The average molecular weight is 379 g/mol. The van der Waals surface area contributed by atoms with E-state index < -0.39 is 11.7 Å². The van der Waals surface area contributed by atoms with Gasteiger partial charge in [0.2, 0.25) is 11.8 Å². The smallest absolute Gasteiger partial charge is 0.251 e. The van der Waals surface area contributed by atoms with Gasteiger partial charge in [0.25, 0.3) is 5.91 Å². The zero-order valence-electron chi connectivity index (χ0n) is 15.4. The van der Waals surface area contributed by atoms with Crippen molar-refractivity contribution in [3.63, 3.8) is 0 Å². The zero-order valence-corrected chi connectivity index (χ0v) is 15.4. The van der Waals surface area contributed by atoms with Crippen LogP contribution >= 0.6 is 0 Å². The topological polar surface area (TPSA) is 111 Å². The highest BCUT2D eigenvalue weighted by Crippen LogP contribution is 2.27. The molecule has 1 aromatic rings. The highest BCUT2D eigenvalue weighted by Gasteiger charge is 2.35. The standard InChI is InChI=1S/C19H26FN3O4/c1-2-9-27-16-10-13(18(25)22-11-17(21)24)5-8-15(16)23-19(26)12-3-6-14(20)7-4-12/h3-4,6-7,13,15-16H,2,5,8-11H2,1H3,(H2,21,24)(H,22,25)(H,23,26)/t13-,15+,16+/m0/s1. The lowest BCUT2D eigenvalue weighted by atomic mass is 9.83. The van der Waals surface area contributed by atoms with Gasteiger partial charge in [-0.1, -0.05) is 6.92 Å². The fourth-order valence-corrected chi connectivity index (χ4v) is 3.16. The number of halogens is 1. The molecule has 0 unspecified atom stereocenters. The summed E-state index contributed by atoms with van der Waals surface area (Å²) in [5.41, 5.74) is 5.42. The average Bonchev–Trinajstić information content (AvgIpc) is 2.65. The molecule has 3 atom stereocenters. The fraction of sp³-hybridized carbons (Fsp3) is 0.526. The van der Waals surface area contributed by atoms with Crippen LogP contribution in [0.5, 0.6) is 0 Å². The molecule has 0 aromatic heterocycles.